The van der Waals surface area contributed by atoms with E-state index in [9.17, 15) is 13.6 Å². The second-order valence-electron chi connectivity index (χ2n) is 4.42. The van der Waals surface area contributed by atoms with Gasteiger partial charge in [0.25, 0.3) is 0 Å². The van der Waals surface area contributed by atoms with E-state index in [1.54, 1.807) is 13.8 Å². The molecule has 0 aromatic heterocycles. The van der Waals surface area contributed by atoms with Gasteiger partial charge in [-0.3, -0.25) is 4.79 Å². The summed E-state index contributed by atoms with van der Waals surface area (Å²) in [6.45, 7) is 3.27. The molecule has 0 aliphatic carbocycles. The monoisotopic (exact) mass is 244 g/mol. The van der Waals surface area contributed by atoms with Gasteiger partial charge in [-0.1, -0.05) is 13.8 Å². The molecule has 0 amide bonds. The summed E-state index contributed by atoms with van der Waals surface area (Å²) in [6.07, 6.45) is -0.200. The maximum absolute atomic E-state index is 13.2. The zero-order valence-electron chi connectivity index (χ0n) is 9.88. The van der Waals surface area contributed by atoms with Crippen LogP contribution >= 0.6 is 0 Å². The fourth-order valence-corrected chi connectivity index (χ4v) is 1.70. The van der Waals surface area contributed by atoms with Crippen LogP contribution in [0.4, 0.5) is 8.78 Å². The smallest absolute Gasteiger partial charge is 0.304 e. The van der Waals surface area contributed by atoms with E-state index in [0.717, 1.165) is 12.1 Å². The van der Waals surface area contributed by atoms with E-state index in [-0.39, 0.29) is 12.2 Å². The van der Waals surface area contributed by atoms with Gasteiger partial charge in [-0.05, 0) is 6.07 Å². The number of rotatable bonds is 4. The van der Waals surface area contributed by atoms with Crippen molar-refractivity contribution < 1.29 is 23.4 Å². The number of aliphatic carboxylic acids is 1. The van der Waals surface area contributed by atoms with Crippen molar-refractivity contribution in [3.63, 3.8) is 0 Å². The summed E-state index contributed by atoms with van der Waals surface area (Å²) in [5.74, 6) is -2.90. The molecule has 0 bridgehead atoms. The minimum atomic E-state index is -1.02. The van der Waals surface area contributed by atoms with Crippen LogP contribution in [0.3, 0.4) is 0 Å². The van der Waals surface area contributed by atoms with Gasteiger partial charge in [0.1, 0.15) is 5.75 Å². The molecule has 0 aliphatic heterocycles. The second kappa shape index (κ2) is 4.69. The Bertz CT molecular complexity index is 442. The van der Waals surface area contributed by atoms with Crippen LogP contribution in [0.2, 0.25) is 0 Å². The van der Waals surface area contributed by atoms with E-state index in [0.29, 0.717) is 5.56 Å². The van der Waals surface area contributed by atoms with E-state index >= 15 is 0 Å². The van der Waals surface area contributed by atoms with Crippen molar-refractivity contribution in [1.29, 1.82) is 0 Å². The number of hydrogen-bond donors (Lipinski definition) is 1. The average molecular weight is 244 g/mol. The van der Waals surface area contributed by atoms with Crippen LogP contribution in [0.25, 0.3) is 0 Å². The average Bonchev–Trinajstić information content (AvgIpc) is 2.19. The maximum Gasteiger partial charge on any atom is 0.304 e. The first-order valence-corrected chi connectivity index (χ1v) is 5.03. The lowest BCUT2D eigenvalue weighted by molar-refractivity contribution is -0.138. The van der Waals surface area contributed by atoms with Gasteiger partial charge in [-0.25, -0.2) is 8.78 Å². The molecular formula is C12H14F2O3. The van der Waals surface area contributed by atoms with Crippen LogP contribution in [0.1, 0.15) is 25.8 Å². The minimum absolute atomic E-state index is 0.148. The molecule has 3 nitrogen and oxygen atoms in total. The molecule has 0 fully saturated rings. The van der Waals surface area contributed by atoms with Crippen molar-refractivity contribution >= 4 is 5.97 Å². The fourth-order valence-electron chi connectivity index (χ4n) is 1.70. The van der Waals surface area contributed by atoms with Crippen LogP contribution < -0.4 is 4.74 Å². The number of carboxylic acid groups (broad SMARTS) is 1. The largest absolute Gasteiger partial charge is 0.496 e. The Morgan fingerprint density at radius 3 is 2.35 bits per heavy atom. The highest BCUT2D eigenvalue weighted by Gasteiger charge is 2.28. The van der Waals surface area contributed by atoms with E-state index in [1.165, 1.54) is 7.11 Å². The molecule has 0 saturated carbocycles. The fraction of sp³-hybridized carbons (Fsp3) is 0.417. The molecule has 0 atom stereocenters. The van der Waals surface area contributed by atoms with Crippen molar-refractivity contribution in [2.24, 2.45) is 0 Å². The lowest BCUT2D eigenvalue weighted by Crippen LogP contribution is -2.23. The molecule has 1 rings (SSSR count). The van der Waals surface area contributed by atoms with E-state index in [1.807, 2.05) is 0 Å². The Labute approximate surface area is 98.0 Å². The number of carbonyl (C=O) groups is 1. The molecule has 0 unspecified atom stereocenters. The summed E-state index contributed by atoms with van der Waals surface area (Å²) in [4.78, 5) is 10.7. The number of halogens is 2. The van der Waals surface area contributed by atoms with E-state index < -0.39 is 23.0 Å². The van der Waals surface area contributed by atoms with Crippen LogP contribution in [0.5, 0.6) is 5.75 Å². The quantitative estimate of drug-likeness (QED) is 0.885. The summed E-state index contributed by atoms with van der Waals surface area (Å²) >= 11 is 0. The standard InChI is InChI=1S/C12H14F2O3/c1-12(2,6-11(15)16)7-4-8(13)9(14)5-10(7)17-3/h4-5H,6H2,1-3H3,(H,15,16). The highest BCUT2D eigenvalue weighted by Crippen LogP contribution is 2.35. The Hall–Kier alpha value is -1.65. The second-order valence-corrected chi connectivity index (χ2v) is 4.42. The molecule has 1 aromatic rings. The van der Waals surface area contributed by atoms with Crippen LogP contribution in [0.15, 0.2) is 12.1 Å². The van der Waals surface area contributed by atoms with Gasteiger partial charge in [-0.15, -0.1) is 0 Å². The SMILES string of the molecule is COc1cc(F)c(F)cc1C(C)(C)CC(=O)O. The molecule has 0 spiro atoms. The third-order valence-corrected chi connectivity index (χ3v) is 2.56. The third kappa shape index (κ3) is 2.93. The van der Waals surface area contributed by atoms with Gasteiger partial charge in [-0.2, -0.15) is 0 Å². The van der Waals surface area contributed by atoms with Crippen molar-refractivity contribution in [1.82, 2.24) is 0 Å². The number of ether oxygens (including phenoxy) is 1. The van der Waals surface area contributed by atoms with Crippen molar-refractivity contribution in [2.45, 2.75) is 25.7 Å². The topological polar surface area (TPSA) is 46.5 Å². The zero-order valence-corrected chi connectivity index (χ0v) is 9.88. The summed E-state index contributed by atoms with van der Waals surface area (Å²) in [6, 6.07) is 1.91. The van der Waals surface area contributed by atoms with Gasteiger partial charge in [0.15, 0.2) is 11.6 Å². The van der Waals surface area contributed by atoms with Crippen LogP contribution in [-0.4, -0.2) is 18.2 Å². The first kappa shape index (κ1) is 13.4. The Balaban J connectivity index is 3.28. The molecule has 17 heavy (non-hydrogen) atoms. The van der Waals surface area contributed by atoms with Gasteiger partial charge in [0, 0.05) is 17.0 Å². The first-order chi connectivity index (χ1) is 7.77. The van der Waals surface area contributed by atoms with Gasteiger partial charge in [0.05, 0.1) is 13.5 Å². The molecular weight excluding hydrogens is 230 g/mol. The maximum atomic E-state index is 13.2. The molecule has 5 heteroatoms. The number of carboxylic acids is 1. The van der Waals surface area contributed by atoms with Gasteiger partial charge in [0.2, 0.25) is 0 Å². The van der Waals surface area contributed by atoms with E-state index in [4.69, 9.17) is 9.84 Å². The lowest BCUT2D eigenvalue weighted by atomic mass is 9.81. The Morgan fingerprint density at radius 1 is 1.35 bits per heavy atom. The zero-order chi connectivity index (χ0) is 13.2. The number of methoxy groups -OCH3 is 1. The third-order valence-electron chi connectivity index (χ3n) is 2.56. The molecule has 0 radical (unpaired) electrons. The lowest BCUT2D eigenvalue weighted by Gasteiger charge is -2.25. The first-order valence-electron chi connectivity index (χ1n) is 5.03. The van der Waals surface area contributed by atoms with Gasteiger partial charge < -0.3 is 9.84 Å². The Kier molecular flexibility index (Phi) is 3.70. The normalized spacial score (nSPS) is 11.4. The Morgan fingerprint density at radius 2 is 1.88 bits per heavy atom. The highest BCUT2D eigenvalue weighted by molar-refractivity contribution is 5.69. The van der Waals surface area contributed by atoms with Crippen LogP contribution in [0, 0.1) is 11.6 Å². The minimum Gasteiger partial charge on any atom is -0.496 e. The number of benzene rings is 1. The summed E-state index contributed by atoms with van der Waals surface area (Å²) in [7, 11) is 1.33. The molecule has 1 aromatic carbocycles. The highest BCUT2D eigenvalue weighted by atomic mass is 19.2. The molecule has 94 valence electrons. The molecule has 0 saturated heterocycles. The van der Waals surface area contributed by atoms with Gasteiger partial charge >= 0.3 is 5.97 Å². The number of hydrogen-bond acceptors (Lipinski definition) is 2. The predicted octanol–water partition coefficient (Wildman–Crippen LogP) is 2.73. The summed E-state index contributed by atoms with van der Waals surface area (Å²) < 4.78 is 31.2. The van der Waals surface area contributed by atoms with Crippen molar-refractivity contribution in [3.8, 4) is 5.75 Å². The van der Waals surface area contributed by atoms with Crippen molar-refractivity contribution in [2.75, 3.05) is 7.11 Å². The summed E-state index contributed by atoms with van der Waals surface area (Å²) in [5.41, 5.74) is -0.507. The predicted molar refractivity (Wildman–Crippen MR) is 58.2 cm³/mol. The van der Waals surface area contributed by atoms with Crippen molar-refractivity contribution in [3.05, 3.63) is 29.3 Å². The van der Waals surface area contributed by atoms with Crippen LogP contribution in [-0.2, 0) is 10.2 Å². The molecule has 1 N–H and O–H groups in total. The molecule has 0 aliphatic rings. The molecule has 0 heterocycles. The summed E-state index contributed by atoms with van der Waals surface area (Å²) in [5, 5.41) is 8.79. The van der Waals surface area contributed by atoms with E-state index in [2.05, 4.69) is 0 Å².